The van der Waals surface area contributed by atoms with Gasteiger partial charge in [0.25, 0.3) is 0 Å². The van der Waals surface area contributed by atoms with Gasteiger partial charge in [0, 0.05) is 11.7 Å². The lowest BCUT2D eigenvalue weighted by atomic mass is 10.2. The van der Waals surface area contributed by atoms with Crippen LogP contribution in [0.5, 0.6) is 5.75 Å². The molecule has 16 heavy (non-hydrogen) atoms. The SMILES string of the molecule is C=CCC(/C=C\I)Nc1ccc(OC)cc1. The summed E-state index contributed by atoms with van der Waals surface area (Å²) in [6.07, 6.45) is 4.94. The highest BCUT2D eigenvalue weighted by molar-refractivity contribution is 14.1. The van der Waals surface area contributed by atoms with E-state index in [-0.39, 0.29) is 0 Å². The van der Waals surface area contributed by atoms with Crippen LogP contribution in [-0.4, -0.2) is 13.2 Å². The molecule has 0 amide bonds. The third-order valence-electron chi connectivity index (χ3n) is 2.17. The van der Waals surface area contributed by atoms with Crippen molar-refractivity contribution in [1.29, 1.82) is 0 Å². The maximum atomic E-state index is 5.11. The van der Waals surface area contributed by atoms with Gasteiger partial charge in [-0.2, -0.15) is 0 Å². The number of methoxy groups -OCH3 is 1. The van der Waals surface area contributed by atoms with Crippen LogP contribution in [0.2, 0.25) is 0 Å². The molecule has 1 N–H and O–H groups in total. The van der Waals surface area contributed by atoms with E-state index in [0.717, 1.165) is 17.9 Å². The van der Waals surface area contributed by atoms with Crippen LogP contribution < -0.4 is 10.1 Å². The Labute approximate surface area is 111 Å². The van der Waals surface area contributed by atoms with Gasteiger partial charge in [0.05, 0.1) is 7.11 Å². The Kier molecular flexibility index (Phi) is 6.00. The molecule has 1 atom stereocenters. The van der Waals surface area contributed by atoms with Gasteiger partial charge in [-0.15, -0.1) is 6.58 Å². The first-order valence-corrected chi connectivity index (χ1v) is 6.33. The highest BCUT2D eigenvalue weighted by Crippen LogP contribution is 2.17. The highest BCUT2D eigenvalue weighted by Gasteiger charge is 2.02. The summed E-state index contributed by atoms with van der Waals surface area (Å²) in [5.41, 5.74) is 1.09. The van der Waals surface area contributed by atoms with Gasteiger partial charge in [0.1, 0.15) is 5.75 Å². The lowest BCUT2D eigenvalue weighted by Gasteiger charge is -2.14. The summed E-state index contributed by atoms with van der Waals surface area (Å²) in [6, 6.07) is 8.21. The van der Waals surface area contributed by atoms with Crippen molar-refractivity contribution in [2.24, 2.45) is 0 Å². The summed E-state index contributed by atoms with van der Waals surface area (Å²) in [7, 11) is 1.67. The summed E-state index contributed by atoms with van der Waals surface area (Å²) >= 11 is 2.22. The second-order valence-electron chi connectivity index (χ2n) is 3.32. The number of hydrogen-bond donors (Lipinski definition) is 1. The molecule has 0 radical (unpaired) electrons. The summed E-state index contributed by atoms with van der Waals surface area (Å²) in [5, 5.41) is 3.41. The Morgan fingerprint density at radius 2 is 2.12 bits per heavy atom. The number of nitrogens with one attached hydrogen (secondary N) is 1. The van der Waals surface area contributed by atoms with Crippen LogP contribution in [-0.2, 0) is 0 Å². The van der Waals surface area contributed by atoms with Crippen LogP contribution in [0.3, 0.4) is 0 Å². The van der Waals surface area contributed by atoms with Crippen LogP contribution in [0.15, 0.2) is 47.1 Å². The molecule has 0 aliphatic rings. The molecule has 1 unspecified atom stereocenters. The number of halogens is 1. The summed E-state index contributed by atoms with van der Waals surface area (Å²) < 4.78 is 7.13. The zero-order chi connectivity index (χ0) is 11.8. The molecule has 86 valence electrons. The normalized spacial score (nSPS) is 12.4. The number of rotatable bonds is 6. The fraction of sp³-hybridized carbons (Fsp3) is 0.231. The first kappa shape index (κ1) is 13.1. The van der Waals surface area contributed by atoms with Crippen molar-refractivity contribution in [2.75, 3.05) is 12.4 Å². The van der Waals surface area contributed by atoms with Crippen molar-refractivity contribution in [1.82, 2.24) is 0 Å². The third-order valence-corrected chi connectivity index (χ3v) is 2.58. The van der Waals surface area contributed by atoms with Gasteiger partial charge in [-0.25, -0.2) is 0 Å². The number of ether oxygens (including phenoxy) is 1. The molecule has 0 aliphatic carbocycles. The van der Waals surface area contributed by atoms with Gasteiger partial charge in [-0.05, 0) is 34.8 Å². The van der Waals surface area contributed by atoms with Crippen molar-refractivity contribution >= 4 is 28.3 Å². The molecular formula is C13H16INO. The van der Waals surface area contributed by atoms with Crippen molar-refractivity contribution < 1.29 is 4.74 Å². The van der Waals surface area contributed by atoms with Gasteiger partial charge in [-0.3, -0.25) is 0 Å². The smallest absolute Gasteiger partial charge is 0.119 e. The molecule has 1 rings (SSSR count). The molecule has 0 saturated heterocycles. The van der Waals surface area contributed by atoms with Crippen LogP contribution in [0, 0.1) is 0 Å². The van der Waals surface area contributed by atoms with E-state index >= 15 is 0 Å². The number of anilines is 1. The fourth-order valence-electron chi connectivity index (χ4n) is 1.35. The van der Waals surface area contributed by atoms with E-state index < -0.39 is 0 Å². The largest absolute Gasteiger partial charge is 0.497 e. The molecule has 0 bridgehead atoms. The molecule has 1 aromatic rings. The van der Waals surface area contributed by atoms with E-state index in [4.69, 9.17) is 4.74 Å². The van der Waals surface area contributed by atoms with Crippen molar-refractivity contribution in [3.05, 3.63) is 47.1 Å². The molecule has 0 saturated carbocycles. The minimum absolute atomic E-state index is 0.294. The fourth-order valence-corrected chi connectivity index (χ4v) is 1.86. The quantitative estimate of drug-likeness (QED) is 0.629. The molecule has 0 spiro atoms. The zero-order valence-electron chi connectivity index (χ0n) is 9.32. The number of hydrogen-bond acceptors (Lipinski definition) is 2. The van der Waals surface area contributed by atoms with Crippen LogP contribution in [0.25, 0.3) is 0 Å². The van der Waals surface area contributed by atoms with E-state index in [0.29, 0.717) is 6.04 Å². The van der Waals surface area contributed by atoms with E-state index in [9.17, 15) is 0 Å². The minimum atomic E-state index is 0.294. The summed E-state index contributed by atoms with van der Waals surface area (Å²) in [5.74, 6) is 0.871. The van der Waals surface area contributed by atoms with Gasteiger partial charge in [0.2, 0.25) is 0 Å². The molecular weight excluding hydrogens is 313 g/mol. The Morgan fingerprint density at radius 1 is 1.44 bits per heavy atom. The highest BCUT2D eigenvalue weighted by atomic mass is 127. The topological polar surface area (TPSA) is 21.3 Å². The van der Waals surface area contributed by atoms with Crippen LogP contribution in [0.1, 0.15) is 6.42 Å². The predicted octanol–water partition coefficient (Wildman–Crippen LogP) is 4.00. The first-order valence-electron chi connectivity index (χ1n) is 5.08. The molecule has 0 aromatic heterocycles. The monoisotopic (exact) mass is 329 g/mol. The first-order chi connectivity index (χ1) is 7.80. The van der Waals surface area contributed by atoms with E-state index in [2.05, 4.69) is 40.6 Å². The summed E-state index contributed by atoms with van der Waals surface area (Å²) in [4.78, 5) is 0. The number of benzene rings is 1. The molecule has 0 fully saturated rings. The molecule has 0 heterocycles. The average molecular weight is 329 g/mol. The lowest BCUT2D eigenvalue weighted by Crippen LogP contribution is -2.15. The van der Waals surface area contributed by atoms with Gasteiger partial charge < -0.3 is 10.1 Å². The van der Waals surface area contributed by atoms with Gasteiger partial charge in [0.15, 0.2) is 0 Å². The average Bonchev–Trinajstić information content (AvgIpc) is 2.31. The minimum Gasteiger partial charge on any atom is -0.497 e. The zero-order valence-corrected chi connectivity index (χ0v) is 11.5. The molecule has 2 nitrogen and oxygen atoms in total. The maximum Gasteiger partial charge on any atom is 0.119 e. The second-order valence-corrected chi connectivity index (χ2v) is 4.04. The van der Waals surface area contributed by atoms with Crippen LogP contribution >= 0.6 is 22.6 Å². The lowest BCUT2D eigenvalue weighted by molar-refractivity contribution is 0.415. The van der Waals surface area contributed by atoms with Crippen LogP contribution in [0.4, 0.5) is 5.69 Å². The van der Waals surface area contributed by atoms with Crippen molar-refractivity contribution in [2.45, 2.75) is 12.5 Å². The third kappa shape index (κ3) is 4.26. The standard InChI is InChI=1S/C13H16INO/c1-3-4-11(9-10-14)15-12-5-7-13(16-2)8-6-12/h3,5-11,15H,1,4H2,2H3/b10-9-. The maximum absolute atomic E-state index is 5.11. The Balaban J connectivity index is 2.65. The van der Waals surface area contributed by atoms with Gasteiger partial charge in [-0.1, -0.05) is 34.7 Å². The molecule has 1 aromatic carbocycles. The van der Waals surface area contributed by atoms with Gasteiger partial charge >= 0.3 is 0 Å². The van der Waals surface area contributed by atoms with E-state index in [1.165, 1.54) is 0 Å². The van der Waals surface area contributed by atoms with Crippen molar-refractivity contribution in [3.8, 4) is 5.75 Å². The molecule has 0 aliphatic heterocycles. The molecule has 3 heteroatoms. The predicted molar refractivity (Wildman–Crippen MR) is 78.4 cm³/mol. The Hall–Kier alpha value is -0.970. The second kappa shape index (κ2) is 7.33. The van der Waals surface area contributed by atoms with E-state index in [1.807, 2.05) is 34.4 Å². The van der Waals surface area contributed by atoms with E-state index in [1.54, 1.807) is 7.11 Å². The Bertz CT molecular complexity index is 345. The Morgan fingerprint density at radius 3 is 2.62 bits per heavy atom. The van der Waals surface area contributed by atoms with Crippen molar-refractivity contribution in [3.63, 3.8) is 0 Å². The summed E-state index contributed by atoms with van der Waals surface area (Å²) in [6.45, 7) is 3.76.